The number of carbonyl (C=O) groups is 2. The topological polar surface area (TPSA) is 73.9 Å². The molecule has 0 fully saturated rings. The quantitative estimate of drug-likeness (QED) is 0.0979. The summed E-state index contributed by atoms with van der Waals surface area (Å²) in [6.45, 7) is 7.60. The minimum atomic E-state index is 0.112. The molecule has 0 atom stereocenters. The van der Waals surface area contributed by atoms with Crippen LogP contribution in [0, 0.1) is 0 Å². The number of ketones is 1. The van der Waals surface area contributed by atoms with Crippen molar-refractivity contribution in [2.75, 3.05) is 46.2 Å². The Hall–Kier alpha value is -1.24. The number of carbonyl (C=O) groups excluding carboxylic acids is 2. The molecule has 0 unspecified atom stereocenters. The van der Waals surface area contributed by atoms with Crippen molar-refractivity contribution in [2.45, 2.75) is 117 Å². The van der Waals surface area contributed by atoms with E-state index in [9.17, 15) is 9.59 Å². The third kappa shape index (κ3) is 28.9. The molecule has 0 aliphatic heterocycles. The van der Waals surface area contributed by atoms with E-state index in [1.807, 2.05) is 6.92 Å². The molecule has 6 heteroatoms. The smallest absolute Gasteiger partial charge is 0.220 e. The summed E-state index contributed by atoms with van der Waals surface area (Å²) in [7, 11) is 0. The molecule has 0 aliphatic carbocycles. The number of ether oxygens (including phenoxy) is 3. The Bertz CT molecular complexity index is 495. The van der Waals surface area contributed by atoms with Crippen LogP contribution in [0.2, 0.25) is 0 Å². The third-order valence-electron chi connectivity index (χ3n) is 5.90. The average molecular weight is 498 g/mol. The SMILES string of the molecule is CCCCCCCC/C=C\CCCCCCCC(=O)NCCOCCOCCOCCC(=O)CC. The summed E-state index contributed by atoms with van der Waals surface area (Å²) >= 11 is 0. The normalized spacial score (nSPS) is 11.4. The highest BCUT2D eigenvalue weighted by atomic mass is 16.5. The van der Waals surface area contributed by atoms with Crippen LogP contribution in [0.15, 0.2) is 12.2 Å². The number of Topliss-reactive ketones (excluding diaryl/α,β-unsaturated/α-hetero) is 1. The molecule has 0 radical (unpaired) electrons. The van der Waals surface area contributed by atoms with Crippen LogP contribution in [-0.2, 0) is 23.8 Å². The van der Waals surface area contributed by atoms with Crippen molar-refractivity contribution < 1.29 is 23.8 Å². The van der Waals surface area contributed by atoms with Gasteiger partial charge in [-0.2, -0.15) is 0 Å². The van der Waals surface area contributed by atoms with Crippen LogP contribution in [0.1, 0.15) is 117 Å². The zero-order valence-electron chi connectivity index (χ0n) is 23.0. The fourth-order valence-electron chi connectivity index (χ4n) is 3.61. The zero-order chi connectivity index (χ0) is 25.7. The molecule has 0 aromatic heterocycles. The summed E-state index contributed by atoms with van der Waals surface area (Å²) in [6, 6.07) is 0. The fraction of sp³-hybridized carbons (Fsp3) is 0.862. The molecule has 0 aromatic carbocycles. The van der Waals surface area contributed by atoms with Gasteiger partial charge < -0.3 is 19.5 Å². The lowest BCUT2D eigenvalue weighted by atomic mass is 10.1. The van der Waals surface area contributed by atoms with E-state index in [1.165, 1.54) is 70.6 Å². The molecule has 0 aromatic rings. The molecule has 1 N–H and O–H groups in total. The number of hydrogen-bond acceptors (Lipinski definition) is 5. The number of amides is 1. The van der Waals surface area contributed by atoms with Gasteiger partial charge in [-0.3, -0.25) is 9.59 Å². The van der Waals surface area contributed by atoms with Crippen LogP contribution in [-0.4, -0.2) is 57.9 Å². The summed E-state index contributed by atoms with van der Waals surface area (Å²) < 4.78 is 16.2. The summed E-state index contributed by atoms with van der Waals surface area (Å²) in [5, 5.41) is 2.91. The standard InChI is InChI=1S/C29H55NO5/c1-3-5-6-7-8-9-10-11-12-13-14-15-16-17-18-19-29(32)30-21-23-34-25-27-35-26-24-33-22-20-28(31)4-2/h11-12H,3-10,13-27H2,1-2H3,(H,30,32)/b12-11-. The van der Waals surface area contributed by atoms with Crippen molar-refractivity contribution >= 4 is 11.7 Å². The van der Waals surface area contributed by atoms with Crippen molar-refractivity contribution in [2.24, 2.45) is 0 Å². The van der Waals surface area contributed by atoms with Gasteiger partial charge in [-0.05, 0) is 32.1 Å². The van der Waals surface area contributed by atoms with Gasteiger partial charge in [0.15, 0.2) is 0 Å². The summed E-state index contributed by atoms with van der Waals surface area (Å²) in [6.07, 6.45) is 22.8. The molecular formula is C29H55NO5. The molecule has 0 aliphatic rings. The molecule has 0 rings (SSSR count). The van der Waals surface area contributed by atoms with Crippen molar-refractivity contribution in [3.05, 3.63) is 12.2 Å². The maximum atomic E-state index is 11.9. The lowest BCUT2D eigenvalue weighted by molar-refractivity contribution is -0.121. The first-order valence-electron chi connectivity index (χ1n) is 14.4. The predicted octanol–water partition coefficient (Wildman–Crippen LogP) is 6.56. The minimum absolute atomic E-state index is 0.112. The molecule has 35 heavy (non-hydrogen) atoms. The average Bonchev–Trinajstić information content (AvgIpc) is 2.86. The van der Waals surface area contributed by atoms with Crippen molar-refractivity contribution in [3.63, 3.8) is 0 Å². The number of rotatable bonds is 28. The summed E-state index contributed by atoms with van der Waals surface area (Å²) in [5.41, 5.74) is 0. The molecule has 206 valence electrons. The number of unbranched alkanes of at least 4 members (excludes halogenated alkanes) is 11. The van der Waals surface area contributed by atoms with Gasteiger partial charge in [-0.25, -0.2) is 0 Å². The van der Waals surface area contributed by atoms with E-state index in [4.69, 9.17) is 14.2 Å². The highest BCUT2D eigenvalue weighted by Crippen LogP contribution is 2.10. The van der Waals surface area contributed by atoms with Crippen LogP contribution in [0.4, 0.5) is 0 Å². The molecule has 0 heterocycles. The van der Waals surface area contributed by atoms with E-state index >= 15 is 0 Å². The first-order valence-corrected chi connectivity index (χ1v) is 14.4. The Kier molecular flexibility index (Phi) is 28.0. The molecule has 0 spiro atoms. The molecule has 6 nitrogen and oxygen atoms in total. The van der Waals surface area contributed by atoms with Gasteiger partial charge in [0.2, 0.25) is 5.91 Å². The van der Waals surface area contributed by atoms with E-state index in [1.54, 1.807) is 0 Å². The number of allylic oxidation sites excluding steroid dienone is 2. The van der Waals surface area contributed by atoms with E-state index in [-0.39, 0.29) is 11.7 Å². The van der Waals surface area contributed by atoms with Gasteiger partial charge in [0, 0.05) is 25.8 Å². The lowest BCUT2D eigenvalue weighted by Crippen LogP contribution is -2.27. The summed E-state index contributed by atoms with van der Waals surface area (Å²) in [4.78, 5) is 23.0. The second kappa shape index (κ2) is 29.0. The Balaban J connectivity index is 3.22. The summed E-state index contributed by atoms with van der Waals surface area (Å²) in [5.74, 6) is 0.334. The Labute approximate surface area is 215 Å². The fourth-order valence-corrected chi connectivity index (χ4v) is 3.61. The molecule has 1 amide bonds. The van der Waals surface area contributed by atoms with Crippen LogP contribution in [0.25, 0.3) is 0 Å². The van der Waals surface area contributed by atoms with E-state index in [2.05, 4.69) is 24.4 Å². The van der Waals surface area contributed by atoms with E-state index in [0.717, 1.165) is 12.8 Å². The molecule has 0 saturated heterocycles. The highest BCUT2D eigenvalue weighted by molar-refractivity contribution is 5.78. The minimum Gasteiger partial charge on any atom is -0.379 e. The predicted molar refractivity (Wildman–Crippen MR) is 145 cm³/mol. The van der Waals surface area contributed by atoms with Crippen LogP contribution >= 0.6 is 0 Å². The van der Waals surface area contributed by atoms with Crippen LogP contribution in [0.5, 0.6) is 0 Å². The first-order chi connectivity index (χ1) is 17.2. The van der Waals surface area contributed by atoms with Crippen LogP contribution < -0.4 is 5.32 Å². The molecule has 0 saturated carbocycles. The molecular weight excluding hydrogens is 442 g/mol. The maximum absolute atomic E-state index is 11.9. The van der Waals surface area contributed by atoms with Crippen molar-refractivity contribution in [1.29, 1.82) is 0 Å². The Morgan fingerprint density at radius 3 is 1.71 bits per heavy atom. The Morgan fingerprint density at radius 2 is 1.11 bits per heavy atom. The van der Waals surface area contributed by atoms with E-state index in [0.29, 0.717) is 65.4 Å². The Morgan fingerprint density at radius 1 is 0.600 bits per heavy atom. The first kappa shape index (κ1) is 33.8. The van der Waals surface area contributed by atoms with Gasteiger partial charge in [-0.15, -0.1) is 0 Å². The third-order valence-corrected chi connectivity index (χ3v) is 5.90. The zero-order valence-corrected chi connectivity index (χ0v) is 23.0. The highest BCUT2D eigenvalue weighted by Gasteiger charge is 2.01. The van der Waals surface area contributed by atoms with E-state index < -0.39 is 0 Å². The van der Waals surface area contributed by atoms with Gasteiger partial charge in [0.25, 0.3) is 0 Å². The van der Waals surface area contributed by atoms with Crippen molar-refractivity contribution in [1.82, 2.24) is 5.32 Å². The van der Waals surface area contributed by atoms with Gasteiger partial charge in [0.1, 0.15) is 5.78 Å². The van der Waals surface area contributed by atoms with Crippen LogP contribution in [0.3, 0.4) is 0 Å². The number of nitrogens with one attached hydrogen (secondary N) is 1. The van der Waals surface area contributed by atoms with Gasteiger partial charge in [0.05, 0.1) is 39.6 Å². The van der Waals surface area contributed by atoms with Gasteiger partial charge >= 0.3 is 0 Å². The molecule has 0 bridgehead atoms. The van der Waals surface area contributed by atoms with Crippen molar-refractivity contribution in [3.8, 4) is 0 Å². The number of hydrogen-bond donors (Lipinski definition) is 1. The largest absolute Gasteiger partial charge is 0.379 e. The van der Waals surface area contributed by atoms with Gasteiger partial charge in [-0.1, -0.05) is 77.4 Å². The lowest BCUT2D eigenvalue weighted by Gasteiger charge is -2.08. The maximum Gasteiger partial charge on any atom is 0.220 e. The second-order valence-electron chi connectivity index (χ2n) is 9.16. The monoisotopic (exact) mass is 497 g/mol. The second-order valence-corrected chi connectivity index (χ2v) is 9.16.